The number of aryl methyl sites for hydroxylation is 2. The Hall–Kier alpha value is -0.820. The van der Waals surface area contributed by atoms with Crippen LogP contribution in [0.5, 0.6) is 0 Å². The molecule has 0 heterocycles. The number of rotatable bonds is 3. The lowest BCUT2D eigenvalue weighted by Crippen LogP contribution is -2.35. The highest BCUT2D eigenvalue weighted by Crippen LogP contribution is 2.39. The van der Waals surface area contributed by atoms with Gasteiger partial charge in [0.05, 0.1) is 6.10 Å². The lowest BCUT2D eigenvalue weighted by molar-refractivity contribution is 0.0104. The molecule has 0 spiro atoms. The Bertz CT molecular complexity index is 382. The summed E-state index contributed by atoms with van der Waals surface area (Å²) in [5.41, 5.74) is 4.01. The smallest absolute Gasteiger partial charge is 0.0634 e. The van der Waals surface area contributed by atoms with E-state index in [4.69, 9.17) is 0 Å². The molecule has 1 fully saturated rings. The molecule has 0 amide bonds. The minimum atomic E-state index is -0.195. The molecule has 0 aromatic heterocycles. The molecule has 1 aliphatic carbocycles. The summed E-state index contributed by atoms with van der Waals surface area (Å²) in [5, 5.41) is 10.6. The molecular weight excluding hydrogens is 220 g/mol. The molecule has 1 unspecified atom stereocenters. The van der Waals surface area contributed by atoms with E-state index in [0.717, 1.165) is 6.42 Å². The minimum Gasteiger partial charge on any atom is -0.392 e. The van der Waals surface area contributed by atoms with Crippen LogP contribution in [0.25, 0.3) is 0 Å². The van der Waals surface area contributed by atoms with Crippen molar-refractivity contribution < 1.29 is 5.11 Å². The third-order valence-electron chi connectivity index (χ3n) is 4.51. The van der Waals surface area contributed by atoms with Crippen molar-refractivity contribution in [3.05, 3.63) is 34.9 Å². The van der Waals surface area contributed by atoms with Crippen LogP contribution in [-0.4, -0.2) is 11.2 Å². The van der Waals surface area contributed by atoms with Gasteiger partial charge in [0, 0.05) is 0 Å². The first-order chi connectivity index (χ1) is 8.49. The Kier molecular flexibility index (Phi) is 4.11. The third kappa shape index (κ3) is 3.14. The van der Waals surface area contributed by atoms with Gasteiger partial charge >= 0.3 is 0 Å². The van der Waals surface area contributed by atoms with Crippen LogP contribution in [0, 0.1) is 19.3 Å². The highest BCUT2D eigenvalue weighted by atomic mass is 16.3. The van der Waals surface area contributed by atoms with Crippen LogP contribution >= 0.6 is 0 Å². The molecule has 1 aliphatic rings. The predicted octanol–water partition coefficient (Wildman–Crippen LogP) is 4.18. The molecule has 0 bridgehead atoms. The summed E-state index contributed by atoms with van der Waals surface area (Å²) >= 11 is 0. The molecule has 1 heteroatoms. The minimum absolute atomic E-state index is 0.135. The highest BCUT2D eigenvalue weighted by Gasteiger charge is 2.34. The third-order valence-corrected chi connectivity index (χ3v) is 4.51. The standard InChI is InChI=1S/C17H26O/c1-13-9-14(2)11-15(10-13)12-16(18)17(3)7-5-4-6-8-17/h9-11,16,18H,4-8,12H2,1-3H3. The first kappa shape index (κ1) is 13.6. The fraction of sp³-hybridized carbons (Fsp3) is 0.647. The van der Waals surface area contributed by atoms with E-state index in [0.29, 0.717) is 0 Å². The second-order valence-electron chi connectivity index (χ2n) is 6.43. The normalized spacial score (nSPS) is 20.7. The Labute approximate surface area is 111 Å². The molecule has 0 aliphatic heterocycles. The van der Waals surface area contributed by atoms with Gasteiger partial charge in [0.15, 0.2) is 0 Å². The van der Waals surface area contributed by atoms with E-state index < -0.39 is 0 Å². The maximum Gasteiger partial charge on any atom is 0.0634 e. The van der Waals surface area contributed by atoms with E-state index in [-0.39, 0.29) is 11.5 Å². The zero-order chi connectivity index (χ0) is 13.2. The van der Waals surface area contributed by atoms with E-state index in [1.807, 2.05) is 0 Å². The Morgan fingerprint density at radius 2 is 1.61 bits per heavy atom. The second-order valence-corrected chi connectivity index (χ2v) is 6.43. The van der Waals surface area contributed by atoms with E-state index >= 15 is 0 Å². The highest BCUT2D eigenvalue weighted by molar-refractivity contribution is 5.29. The molecule has 18 heavy (non-hydrogen) atoms. The van der Waals surface area contributed by atoms with Gasteiger partial charge in [-0.1, -0.05) is 55.5 Å². The van der Waals surface area contributed by atoms with Crippen molar-refractivity contribution in [2.45, 2.75) is 65.4 Å². The van der Waals surface area contributed by atoms with Crippen LogP contribution in [0.1, 0.15) is 55.7 Å². The fourth-order valence-corrected chi connectivity index (χ4v) is 3.35. The van der Waals surface area contributed by atoms with Crippen molar-refractivity contribution in [2.75, 3.05) is 0 Å². The van der Waals surface area contributed by atoms with Gasteiger partial charge in [-0.15, -0.1) is 0 Å². The average molecular weight is 246 g/mol. The van der Waals surface area contributed by atoms with Gasteiger partial charge in [0.25, 0.3) is 0 Å². The number of benzene rings is 1. The number of hydrogen-bond donors (Lipinski definition) is 1. The van der Waals surface area contributed by atoms with Crippen molar-refractivity contribution in [2.24, 2.45) is 5.41 Å². The van der Waals surface area contributed by atoms with Gasteiger partial charge in [0.2, 0.25) is 0 Å². The quantitative estimate of drug-likeness (QED) is 0.848. The maximum atomic E-state index is 10.6. The van der Waals surface area contributed by atoms with Crippen molar-refractivity contribution in [1.29, 1.82) is 0 Å². The SMILES string of the molecule is Cc1cc(C)cc(CC(O)C2(C)CCCCC2)c1. The Morgan fingerprint density at radius 3 is 2.17 bits per heavy atom. The number of aliphatic hydroxyl groups is 1. The van der Waals surface area contributed by atoms with Crippen LogP contribution in [0.3, 0.4) is 0 Å². The summed E-state index contributed by atoms with van der Waals surface area (Å²) in [5.74, 6) is 0. The van der Waals surface area contributed by atoms with Crippen molar-refractivity contribution >= 4 is 0 Å². The first-order valence-electron chi connectivity index (χ1n) is 7.25. The molecular formula is C17H26O. The van der Waals surface area contributed by atoms with Gasteiger partial charge in [-0.2, -0.15) is 0 Å². The van der Waals surface area contributed by atoms with Crippen LogP contribution in [0.4, 0.5) is 0 Å². The van der Waals surface area contributed by atoms with Crippen LogP contribution in [-0.2, 0) is 6.42 Å². The van der Waals surface area contributed by atoms with Crippen LogP contribution < -0.4 is 0 Å². The molecule has 1 aromatic carbocycles. The monoisotopic (exact) mass is 246 g/mol. The second kappa shape index (κ2) is 5.44. The summed E-state index contributed by atoms with van der Waals surface area (Å²) in [4.78, 5) is 0. The van der Waals surface area contributed by atoms with Gasteiger partial charge in [-0.05, 0) is 44.1 Å². The van der Waals surface area contributed by atoms with Gasteiger partial charge < -0.3 is 5.11 Å². The van der Waals surface area contributed by atoms with Gasteiger partial charge in [-0.3, -0.25) is 0 Å². The van der Waals surface area contributed by atoms with E-state index in [1.165, 1.54) is 48.8 Å². The summed E-state index contributed by atoms with van der Waals surface area (Å²) in [6, 6.07) is 6.61. The lowest BCUT2D eigenvalue weighted by atomic mass is 9.70. The summed E-state index contributed by atoms with van der Waals surface area (Å²) in [6.45, 7) is 6.52. The molecule has 1 N–H and O–H groups in total. The molecule has 2 rings (SSSR count). The summed E-state index contributed by atoms with van der Waals surface area (Å²) in [6.07, 6.45) is 6.86. The van der Waals surface area contributed by atoms with E-state index in [9.17, 15) is 5.11 Å². The molecule has 0 radical (unpaired) electrons. The zero-order valence-electron chi connectivity index (χ0n) is 12.0. The van der Waals surface area contributed by atoms with Crippen molar-refractivity contribution in [1.82, 2.24) is 0 Å². The van der Waals surface area contributed by atoms with Gasteiger partial charge in [0.1, 0.15) is 0 Å². The molecule has 1 nitrogen and oxygen atoms in total. The van der Waals surface area contributed by atoms with E-state index in [2.05, 4.69) is 39.0 Å². The molecule has 0 saturated heterocycles. The summed E-state index contributed by atoms with van der Waals surface area (Å²) in [7, 11) is 0. The number of hydrogen-bond acceptors (Lipinski definition) is 1. The maximum absolute atomic E-state index is 10.6. The topological polar surface area (TPSA) is 20.2 Å². The largest absolute Gasteiger partial charge is 0.392 e. The van der Waals surface area contributed by atoms with E-state index in [1.54, 1.807) is 0 Å². The molecule has 100 valence electrons. The Morgan fingerprint density at radius 1 is 1.06 bits per heavy atom. The summed E-state index contributed by atoms with van der Waals surface area (Å²) < 4.78 is 0. The lowest BCUT2D eigenvalue weighted by Gasteiger charge is -2.38. The van der Waals surface area contributed by atoms with Crippen molar-refractivity contribution in [3.8, 4) is 0 Å². The van der Waals surface area contributed by atoms with Crippen LogP contribution in [0.15, 0.2) is 18.2 Å². The molecule has 1 saturated carbocycles. The average Bonchev–Trinajstić information content (AvgIpc) is 2.28. The number of aliphatic hydroxyl groups excluding tert-OH is 1. The first-order valence-corrected chi connectivity index (χ1v) is 7.25. The fourth-order valence-electron chi connectivity index (χ4n) is 3.35. The molecule has 1 aromatic rings. The predicted molar refractivity (Wildman–Crippen MR) is 76.8 cm³/mol. The van der Waals surface area contributed by atoms with Gasteiger partial charge in [-0.25, -0.2) is 0 Å². The van der Waals surface area contributed by atoms with Crippen molar-refractivity contribution in [3.63, 3.8) is 0 Å². The zero-order valence-corrected chi connectivity index (χ0v) is 12.0. The van der Waals surface area contributed by atoms with Crippen LogP contribution in [0.2, 0.25) is 0 Å². The molecule has 1 atom stereocenters. The Balaban J connectivity index is 2.08.